The monoisotopic (exact) mass is 257 g/mol. The van der Waals surface area contributed by atoms with Gasteiger partial charge in [0.2, 0.25) is 0 Å². The Labute approximate surface area is 86.1 Å². The van der Waals surface area contributed by atoms with Crippen LogP contribution in [-0.4, -0.2) is 36.9 Å². The summed E-state index contributed by atoms with van der Waals surface area (Å²) in [7, 11) is 1.47. The third-order valence-corrected chi connectivity index (χ3v) is 3.50. The van der Waals surface area contributed by atoms with Crippen molar-refractivity contribution in [3.63, 3.8) is 0 Å². The molecule has 4 nitrogen and oxygen atoms in total. The number of nitrogens with zero attached hydrogens (tertiary/aromatic N) is 1. The summed E-state index contributed by atoms with van der Waals surface area (Å²) in [5, 5.41) is 9.80. The van der Waals surface area contributed by atoms with E-state index in [0.29, 0.717) is 5.75 Å². The third-order valence-electron chi connectivity index (χ3n) is 1.91. The molecule has 0 unspecified atom stereocenters. The van der Waals surface area contributed by atoms with Crippen LogP contribution in [0.3, 0.4) is 0 Å². The topological polar surface area (TPSA) is 59.4 Å². The van der Waals surface area contributed by atoms with Crippen LogP contribution in [0.5, 0.6) is 5.75 Å². The Balaban J connectivity index is 2.72. The van der Waals surface area contributed by atoms with Crippen molar-refractivity contribution < 1.29 is 14.6 Å². The zero-order valence-electron chi connectivity index (χ0n) is 7.35. The molecule has 0 bridgehead atoms. The van der Waals surface area contributed by atoms with E-state index in [2.05, 4.69) is 3.98 Å². The molecule has 0 aliphatic carbocycles. The number of carboxylic acids is 1. The predicted octanol–water partition coefficient (Wildman–Crippen LogP) is 0.999. The second-order valence-electron chi connectivity index (χ2n) is 2.72. The van der Waals surface area contributed by atoms with Gasteiger partial charge in [0.25, 0.3) is 0 Å². The second-order valence-corrected chi connectivity index (χ2v) is 4.47. The summed E-state index contributed by atoms with van der Waals surface area (Å²) in [4.78, 5) is 10.9. The third kappa shape index (κ3) is 1.41. The first-order chi connectivity index (χ1) is 6.72. The van der Waals surface area contributed by atoms with Crippen LogP contribution in [-0.2, 0) is 0 Å². The van der Waals surface area contributed by atoms with Crippen molar-refractivity contribution >= 4 is 30.3 Å². The zero-order chi connectivity index (χ0) is 10.1. The van der Waals surface area contributed by atoms with Crippen molar-refractivity contribution in [2.24, 2.45) is 0 Å². The number of rotatable bonds is 2. The molecule has 0 aliphatic heterocycles. The minimum atomic E-state index is -0.975. The number of carboxylic acid groups (broad SMARTS) is 1. The Morgan fingerprint density at radius 1 is 1.57 bits per heavy atom. The van der Waals surface area contributed by atoms with Crippen LogP contribution in [0.4, 0.5) is 0 Å². The second kappa shape index (κ2) is 3.44. The molecule has 1 heterocycles. The molecule has 0 saturated heterocycles. The van der Waals surface area contributed by atoms with Gasteiger partial charge in [0.15, 0.2) is 0 Å². The number of aromatic carboxylic acids is 1. The van der Waals surface area contributed by atoms with Crippen molar-refractivity contribution in [2.45, 2.75) is 0 Å². The van der Waals surface area contributed by atoms with Crippen molar-refractivity contribution in [2.75, 3.05) is 7.11 Å². The van der Waals surface area contributed by atoms with Crippen LogP contribution in [0.1, 0.15) is 10.4 Å². The van der Waals surface area contributed by atoms with Gasteiger partial charge in [-0.05, 0) is 0 Å². The van der Waals surface area contributed by atoms with Gasteiger partial charge in [0.1, 0.15) is 0 Å². The van der Waals surface area contributed by atoms with Gasteiger partial charge in [-0.25, -0.2) is 0 Å². The number of methoxy groups -OCH3 is 1. The van der Waals surface area contributed by atoms with E-state index >= 15 is 0 Å². The molecule has 14 heavy (non-hydrogen) atoms. The van der Waals surface area contributed by atoms with Crippen LogP contribution in [0.2, 0.25) is 0 Å². The van der Waals surface area contributed by atoms with Gasteiger partial charge in [-0.3, -0.25) is 0 Å². The Hall–Kier alpha value is -1.32. The van der Waals surface area contributed by atoms with E-state index in [-0.39, 0.29) is 20.3 Å². The number of hydrogen-bond acceptors (Lipinski definition) is 3. The van der Waals surface area contributed by atoms with E-state index in [9.17, 15) is 4.79 Å². The summed E-state index contributed by atoms with van der Waals surface area (Å²) in [6.45, 7) is 0. The number of benzene rings is 1. The summed E-state index contributed by atoms with van der Waals surface area (Å²) in [5.74, 6) is -0.568. The molecule has 2 rings (SSSR count). The number of carbonyl (C=O) groups is 1. The molecule has 1 aromatic heterocycles. The zero-order valence-corrected chi connectivity index (χ0v) is 9.06. The summed E-state index contributed by atoms with van der Waals surface area (Å²) in [6.07, 6.45) is 1.71. The first kappa shape index (κ1) is 9.24. The van der Waals surface area contributed by atoms with Gasteiger partial charge in [0.05, 0.1) is 0 Å². The number of fused-ring (bicyclic) bond motifs is 1. The molecule has 2 aromatic rings. The molecule has 5 heteroatoms. The quantitative estimate of drug-likeness (QED) is 0.814. The molecule has 0 atom stereocenters. The van der Waals surface area contributed by atoms with E-state index in [1.165, 1.54) is 7.11 Å². The van der Waals surface area contributed by atoms with E-state index in [0.717, 1.165) is 9.65 Å². The Bertz CT molecular complexity index is 492. The van der Waals surface area contributed by atoms with Gasteiger partial charge in [-0.1, -0.05) is 0 Å². The molecule has 0 aliphatic rings. The fourth-order valence-corrected chi connectivity index (χ4v) is 2.61. The first-order valence-corrected chi connectivity index (χ1v) is 5.50. The van der Waals surface area contributed by atoms with Crippen molar-refractivity contribution in [3.8, 4) is 5.75 Å². The molecule has 0 spiro atoms. The molecule has 0 fully saturated rings. The van der Waals surface area contributed by atoms with Gasteiger partial charge < -0.3 is 0 Å². The van der Waals surface area contributed by atoms with Crippen molar-refractivity contribution in [3.05, 3.63) is 23.9 Å². The van der Waals surface area contributed by atoms with Crippen LogP contribution in [0.15, 0.2) is 18.3 Å². The Morgan fingerprint density at radius 3 is 3.00 bits per heavy atom. The molecule has 0 amide bonds. The van der Waals surface area contributed by atoms with Gasteiger partial charge >= 0.3 is 85.7 Å². The maximum atomic E-state index is 10.9. The average molecular weight is 256 g/mol. The number of ether oxygens (including phenoxy) is 1. The molecule has 1 aromatic carbocycles. The molecule has 0 saturated carbocycles. The van der Waals surface area contributed by atoms with E-state index in [1.54, 1.807) is 18.3 Å². The van der Waals surface area contributed by atoms with Crippen LogP contribution < -0.4 is 4.74 Å². The van der Waals surface area contributed by atoms with Gasteiger partial charge in [-0.15, -0.1) is 0 Å². The predicted molar refractivity (Wildman–Crippen MR) is 52.2 cm³/mol. The van der Waals surface area contributed by atoms with Crippen LogP contribution in [0.25, 0.3) is 9.65 Å². The van der Waals surface area contributed by atoms with Crippen LogP contribution in [0, 0.1) is 0 Å². The van der Waals surface area contributed by atoms with Gasteiger partial charge in [-0.2, -0.15) is 0 Å². The van der Waals surface area contributed by atoms with Gasteiger partial charge in [0, 0.05) is 0 Å². The summed E-state index contributed by atoms with van der Waals surface area (Å²) in [5.41, 5.74) is 0.190. The Kier molecular flexibility index (Phi) is 2.27. The number of hydrogen-bond donors (Lipinski definition) is 1. The normalized spacial score (nSPS) is 10.4. The molecular weight excluding hydrogens is 249 g/mol. The summed E-state index contributed by atoms with van der Waals surface area (Å²) in [6, 6.07) is 3.36. The SMILES string of the molecule is COc1cc2[se]ncc2cc1C(=O)O. The molecule has 0 radical (unpaired) electrons. The standard InChI is InChI=1S/C9H7NO3Se/c1-13-7-3-8-5(4-10-14-8)2-6(7)9(11)12/h2-4H,1H3,(H,11,12). The molecule has 72 valence electrons. The van der Waals surface area contributed by atoms with Crippen molar-refractivity contribution in [1.82, 2.24) is 3.98 Å². The minimum absolute atomic E-state index is 0.0691. The van der Waals surface area contributed by atoms with E-state index < -0.39 is 5.97 Å². The fourth-order valence-electron chi connectivity index (χ4n) is 1.23. The number of aromatic nitrogens is 1. The van der Waals surface area contributed by atoms with Crippen LogP contribution >= 0.6 is 0 Å². The molecule has 1 N–H and O–H groups in total. The Morgan fingerprint density at radius 2 is 2.36 bits per heavy atom. The average Bonchev–Trinajstić information content (AvgIpc) is 2.62. The van der Waals surface area contributed by atoms with Crippen molar-refractivity contribution in [1.29, 1.82) is 0 Å². The van der Waals surface area contributed by atoms with E-state index in [4.69, 9.17) is 9.84 Å². The van der Waals surface area contributed by atoms with E-state index in [1.807, 2.05) is 0 Å². The summed E-state index contributed by atoms with van der Waals surface area (Å²) >= 11 is 0.0691. The maximum absolute atomic E-state index is 10.9. The molecular formula is C9H7NO3Se. The summed E-state index contributed by atoms with van der Waals surface area (Å²) < 4.78 is 10.2. The fraction of sp³-hybridized carbons (Fsp3) is 0.111. The first-order valence-electron chi connectivity index (χ1n) is 3.88.